The maximum absolute atomic E-state index is 6.22. The number of hydrogen-bond acceptors (Lipinski definition) is 3. The van der Waals surface area contributed by atoms with Crippen LogP contribution in [0, 0.1) is 5.92 Å². The highest BCUT2D eigenvalue weighted by molar-refractivity contribution is 5.97. The number of hydrogen-bond donors (Lipinski definition) is 1. The summed E-state index contributed by atoms with van der Waals surface area (Å²) in [6.45, 7) is 7.63. The van der Waals surface area contributed by atoms with Gasteiger partial charge in [0, 0.05) is 18.5 Å². The van der Waals surface area contributed by atoms with Gasteiger partial charge in [-0.15, -0.1) is 0 Å². The molecule has 2 aliphatic heterocycles. The molecule has 4 rings (SSSR count). The van der Waals surface area contributed by atoms with Crippen LogP contribution < -0.4 is 10.1 Å². The minimum Gasteiger partial charge on any atom is -0.488 e. The molecule has 0 amide bonds. The van der Waals surface area contributed by atoms with Crippen LogP contribution in [0.3, 0.4) is 0 Å². The Hall–Kier alpha value is -1.74. The van der Waals surface area contributed by atoms with Crippen LogP contribution in [0.15, 0.2) is 36.4 Å². The largest absolute Gasteiger partial charge is 0.488 e. The summed E-state index contributed by atoms with van der Waals surface area (Å²) in [5, 5.41) is 6.41. The molecule has 3 nitrogen and oxygen atoms in total. The Morgan fingerprint density at radius 2 is 1.86 bits per heavy atom. The highest BCUT2D eigenvalue weighted by atomic mass is 16.5. The molecule has 1 unspecified atom stereocenters. The third-order valence-corrected chi connectivity index (χ3v) is 5.31. The Labute approximate surface area is 132 Å². The summed E-state index contributed by atoms with van der Waals surface area (Å²) in [4.78, 5) is 2.59. The average Bonchev–Trinajstić information content (AvgIpc) is 3.09. The van der Waals surface area contributed by atoms with Gasteiger partial charge in [-0.2, -0.15) is 0 Å². The Balaban J connectivity index is 1.82. The van der Waals surface area contributed by atoms with Crippen molar-refractivity contribution in [2.24, 2.45) is 5.92 Å². The molecule has 2 heterocycles. The highest BCUT2D eigenvalue weighted by Crippen LogP contribution is 2.42. The van der Waals surface area contributed by atoms with Crippen molar-refractivity contribution in [3.05, 3.63) is 36.4 Å². The SMILES string of the molecule is CC(C)C1(N2CCCC2)COc2ccc3ccccc3c2N1. The zero-order valence-corrected chi connectivity index (χ0v) is 13.4. The van der Waals surface area contributed by atoms with Crippen molar-refractivity contribution in [1.29, 1.82) is 0 Å². The van der Waals surface area contributed by atoms with Gasteiger partial charge in [0.15, 0.2) is 0 Å². The number of rotatable bonds is 2. The summed E-state index contributed by atoms with van der Waals surface area (Å²) in [7, 11) is 0. The molecule has 0 saturated carbocycles. The Bertz CT molecular complexity index is 691. The van der Waals surface area contributed by atoms with Crippen LogP contribution in [0.4, 0.5) is 5.69 Å². The van der Waals surface area contributed by atoms with Gasteiger partial charge in [0.1, 0.15) is 18.0 Å². The van der Waals surface area contributed by atoms with E-state index in [9.17, 15) is 0 Å². The fourth-order valence-electron chi connectivity index (χ4n) is 3.90. The molecule has 2 aliphatic rings. The van der Waals surface area contributed by atoms with Gasteiger partial charge in [0.25, 0.3) is 0 Å². The summed E-state index contributed by atoms with van der Waals surface area (Å²) in [6, 6.07) is 12.8. The van der Waals surface area contributed by atoms with Crippen molar-refractivity contribution < 1.29 is 4.74 Å². The summed E-state index contributed by atoms with van der Waals surface area (Å²) in [5.74, 6) is 1.46. The molecule has 1 N–H and O–H groups in total. The van der Waals surface area contributed by atoms with Gasteiger partial charge >= 0.3 is 0 Å². The van der Waals surface area contributed by atoms with Crippen LogP contribution >= 0.6 is 0 Å². The quantitative estimate of drug-likeness (QED) is 0.903. The lowest BCUT2D eigenvalue weighted by atomic mass is 9.92. The van der Waals surface area contributed by atoms with Crippen LogP contribution in [-0.4, -0.2) is 30.3 Å². The fraction of sp³-hybridized carbons (Fsp3) is 0.474. The van der Waals surface area contributed by atoms with Crippen molar-refractivity contribution in [2.75, 3.05) is 25.0 Å². The molecule has 1 fully saturated rings. The Kier molecular flexibility index (Phi) is 3.26. The molecular formula is C19H24N2O. The maximum Gasteiger partial charge on any atom is 0.143 e. The molecule has 2 aromatic rings. The molecule has 0 radical (unpaired) electrons. The first-order valence-electron chi connectivity index (χ1n) is 8.38. The number of anilines is 1. The maximum atomic E-state index is 6.22. The van der Waals surface area contributed by atoms with Crippen LogP contribution in [0.2, 0.25) is 0 Å². The Morgan fingerprint density at radius 1 is 1.09 bits per heavy atom. The van der Waals surface area contributed by atoms with Crippen molar-refractivity contribution >= 4 is 16.5 Å². The molecule has 3 heteroatoms. The van der Waals surface area contributed by atoms with Crippen LogP contribution in [-0.2, 0) is 0 Å². The van der Waals surface area contributed by atoms with E-state index in [0.29, 0.717) is 5.92 Å². The van der Waals surface area contributed by atoms with E-state index < -0.39 is 0 Å². The van der Waals surface area contributed by atoms with E-state index in [4.69, 9.17) is 4.74 Å². The zero-order valence-electron chi connectivity index (χ0n) is 13.4. The van der Waals surface area contributed by atoms with Crippen molar-refractivity contribution in [3.8, 4) is 5.75 Å². The number of nitrogens with one attached hydrogen (secondary N) is 1. The third-order valence-electron chi connectivity index (χ3n) is 5.31. The number of fused-ring (bicyclic) bond motifs is 3. The lowest BCUT2D eigenvalue weighted by Crippen LogP contribution is -2.62. The smallest absolute Gasteiger partial charge is 0.143 e. The van der Waals surface area contributed by atoms with Gasteiger partial charge in [-0.1, -0.05) is 44.2 Å². The monoisotopic (exact) mass is 296 g/mol. The van der Waals surface area contributed by atoms with Gasteiger partial charge in [-0.05, 0) is 30.2 Å². The van der Waals surface area contributed by atoms with Gasteiger partial charge in [-0.25, -0.2) is 0 Å². The molecule has 1 atom stereocenters. The second kappa shape index (κ2) is 5.17. The molecule has 116 valence electrons. The van der Waals surface area contributed by atoms with E-state index in [1.165, 1.54) is 23.6 Å². The summed E-state index contributed by atoms with van der Waals surface area (Å²) in [5.41, 5.74) is 1.07. The Morgan fingerprint density at radius 3 is 2.64 bits per heavy atom. The second-order valence-electron chi connectivity index (χ2n) is 6.85. The van der Waals surface area contributed by atoms with Gasteiger partial charge < -0.3 is 10.1 Å². The number of likely N-dealkylation sites (tertiary alicyclic amines) is 1. The van der Waals surface area contributed by atoms with E-state index in [0.717, 1.165) is 31.1 Å². The molecule has 22 heavy (non-hydrogen) atoms. The minimum atomic E-state index is -0.0897. The number of benzene rings is 2. The van der Waals surface area contributed by atoms with E-state index in [2.05, 4.69) is 60.5 Å². The molecular weight excluding hydrogens is 272 g/mol. The lowest BCUT2D eigenvalue weighted by Gasteiger charge is -2.48. The van der Waals surface area contributed by atoms with Crippen LogP contribution in [0.5, 0.6) is 5.75 Å². The second-order valence-corrected chi connectivity index (χ2v) is 6.85. The fourth-order valence-corrected chi connectivity index (χ4v) is 3.90. The first-order valence-corrected chi connectivity index (χ1v) is 8.38. The summed E-state index contributed by atoms with van der Waals surface area (Å²) < 4.78 is 6.22. The predicted molar refractivity (Wildman–Crippen MR) is 91.4 cm³/mol. The lowest BCUT2D eigenvalue weighted by molar-refractivity contribution is 0.0346. The molecule has 0 spiro atoms. The van der Waals surface area contributed by atoms with E-state index in [1.54, 1.807) is 0 Å². The topological polar surface area (TPSA) is 24.5 Å². The first kappa shape index (κ1) is 13.9. The van der Waals surface area contributed by atoms with Crippen LogP contribution in [0.25, 0.3) is 10.8 Å². The van der Waals surface area contributed by atoms with E-state index >= 15 is 0 Å². The van der Waals surface area contributed by atoms with E-state index in [-0.39, 0.29) is 5.66 Å². The summed E-state index contributed by atoms with van der Waals surface area (Å²) >= 11 is 0. The number of ether oxygens (including phenoxy) is 1. The highest BCUT2D eigenvalue weighted by Gasteiger charge is 2.44. The van der Waals surface area contributed by atoms with Gasteiger partial charge in [0.2, 0.25) is 0 Å². The zero-order chi connectivity index (χ0) is 15.2. The van der Waals surface area contributed by atoms with Crippen molar-refractivity contribution in [1.82, 2.24) is 4.90 Å². The van der Waals surface area contributed by atoms with Crippen molar-refractivity contribution in [2.45, 2.75) is 32.4 Å². The molecule has 0 aliphatic carbocycles. The van der Waals surface area contributed by atoms with Gasteiger partial charge in [0.05, 0.1) is 5.69 Å². The molecule has 0 aromatic heterocycles. The molecule has 1 saturated heterocycles. The normalized spacial score (nSPS) is 25.0. The molecule has 0 bridgehead atoms. The van der Waals surface area contributed by atoms with Crippen molar-refractivity contribution in [3.63, 3.8) is 0 Å². The van der Waals surface area contributed by atoms with Gasteiger partial charge in [-0.3, -0.25) is 4.90 Å². The standard InChI is InChI=1S/C19H24N2O/c1-14(2)19(21-11-5-6-12-21)13-22-17-10-9-15-7-3-4-8-16(15)18(17)20-19/h3-4,7-10,14,20H,5-6,11-13H2,1-2H3. The first-order chi connectivity index (χ1) is 10.7. The number of nitrogens with zero attached hydrogens (tertiary/aromatic N) is 1. The minimum absolute atomic E-state index is 0.0897. The van der Waals surface area contributed by atoms with Crippen LogP contribution in [0.1, 0.15) is 26.7 Å². The van der Waals surface area contributed by atoms with E-state index in [1.807, 2.05) is 0 Å². The predicted octanol–water partition coefficient (Wildman–Crippen LogP) is 4.09. The molecule has 2 aromatic carbocycles. The average molecular weight is 296 g/mol. The third kappa shape index (κ3) is 1.99. The summed E-state index contributed by atoms with van der Waals surface area (Å²) in [6.07, 6.45) is 2.58.